The van der Waals surface area contributed by atoms with Gasteiger partial charge in [0.2, 0.25) is 0 Å². The standard InChI is InChI=1S/C16H17FN2O2/c1-11-3-4-12(9-18-11)10-19-15(16(20)21-2)13-5-7-14(17)8-6-13/h3-9,15,19H,10H2,1-2H3/t15-/m1/s1. The lowest BCUT2D eigenvalue weighted by molar-refractivity contribution is -0.143. The van der Waals surface area contributed by atoms with E-state index in [-0.39, 0.29) is 5.82 Å². The number of methoxy groups -OCH3 is 1. The number of pyridine rings is 1. The Kier molecular flexibility index (Phi) is 5.00. The number of halogens is 1. The lowest BCUT2D eigenvalue weighted by Gasteiger charge is -2.17. The third-order valence-corrected chi connectivity index (χ3v) is 3.12. The summed E-state index contributed by atoms with van der Waals surface area (Å²) in [6.45, 7) is 2.37. The maximum atomic E-state index is 13.0. The number of ether oxygens (including phenoxy) is 1. The van der Waals surface area contributed by atoms with Crippen LogP contribution in [0.2, 0.25) is 0 Å². The summed E-state index contributed by atoms with van der Waals surface area (Å²) in [6.07, 6.45) is 1.75. The number of hydrogen-bond donors (Lipinski definition) is 1. The highest BCUT2D eigenvalue weighted by atomic mass is 19.1. The minimum Gasteiger partial charge on any atom is -0.468 e. The Morgan fingerprint density at radius 3 is 2.57 bits per heavy atom. The quantitative estimate of drug-likeness (QED) is 0.859. The molecule has 2 aromatic rings. The molecule has 0 bridgehead atoms. The monoisotopic (exact) mass is 288 g/mol. The fourth-order valence-corrected chi connectivity index (χ4v) is 1.93. The summed E-state index contributed by atoms with van der Waals surface area (Å²) in [6, 6.07) is 8.98. The van der Waals surface area contributed by atoms with Crippen LogP contribution in [-0.2, 0) is 16.1 Å². The molecule has 0 aliphatic heterocycles. The number of rotatable bonds is 5. The van der Waals surface area contributed by atoms with Crippen molar-refractivity contribution in [2.75, 3.05) is 7.11 Å². The lowest BCUT2D eigenvalue weighted by atomic mass is 10.1. The van der Waals surface area contributed by atoms with Crippen molar-refractivity contribution in [3.63, 3.8) is 0 Å². The Bertz CT molecular complexity index is 597. The van der Waals surface area contributed by atoms with E-state index in [1.165, 1.54) is 19.2 Å². The largest absolute Gasteiger partial charge is 0.468 e. The zero-order valence-corrected chi connectivity index (χ0v) is 12.0. The molecule has 1 aromatic carbocycles. The second-order valence-corrected chi connectivity index (χ2v) is 4.70. The highest BCUT2D eigenvalue weighted by molar-refractivity contribution is 5.77. The van der Waals surface area contributed by atoms with Crippen LogP contribution in [0.4, 0.5) is 4.39 Å². The minimum absolute atomic E-state index is 0.342. The molecule has 0 fully saturated rings. The van der Waals surface area contributed by atoms with E-state index in [9.17, 15) is 9.18 Å². The molecular formula is C16H17FN2O2. The Labute approximate surface area is 123 Å². The number of nitrogens with one attached hydrogen (secondary N) is 1. The zero-order chi connectivity index (χ0) is 15.2. The Morgan fingerprint density at radius 1 is 1.29 bits per heavy atom. The van der Waals surface area contributed by atoms with E-state index >= 15 is 0 Å². The molecule has 0 unspecified atom stereocenters. The lowest BCUT2D eigenvalue weighted by Crippen LogP contribution is -2.29. The summed E-state index contributed by atoms with van der Waals surface area (Å²) in [5.41, 5.74) is 2.54. The summed E-state index contributed by atoms with van der Waals surface area (Å²) >= 11 is 0. The Morgan fingerprint density at radius 2 is 2.00 bits per heavy atom. The summed E-state index contributed by atoms with van der Waals surface area (Å²) < 4.78 is 17.8. The first-order valence-electron chi connectivity index (χ1n) is 6.58. The van der Waals surface area contributed by atoms with Crippen molar-refractivity contribution in [3.05, 3.63) is 65.2 Å². The molecule has 1 atom stereocenters. The average molecular weight is 288 g/mol. The molecule has 0 aliphatic carbocycles. The summed E-state index contributed by atoms with van der Waals surface area (Å²) in [4.78, 5) is 16.1. The number of esters is 1. The zero-order valence-electron chi connectivity index (χ0n) is 12.0. The number of nitrogens with zero attached hydrogens (tertiary/aromatic N) is 1. The van der Waals surface area contributed by atoms with Crippen LogP contribution in [0.1, 0.15) is 22.9 Å². The number of aryl methyl sites for hydroxylation is 1. The predicted molar refractivity (Wildman–Crippen MR) is 77.0 cm³/mol. The fourth-order valence-electron chi connectivity index (χ4n) is 1.93. The third kappa shape index (κ3) is 4.10. The molecule has 2 rings (SSSR count). The van der Waals surface area contributed by atoms with Crippen molar-refractivity contribution < 1.29 is 13.9 Å². The molecule has 0 amide bonds. The first-order valence-corrected chi connectivity index (χ1v) is 6.58. The van der Waals surface area contributed by atoms with Crippen LogP contribution in [0.25, 0.3) is 0 Å². The van der Waals surface area contributed by atoms with Crippen LogP contribution >= 0.6 is 0 Å². The predicted octanol–water partition coefficient (Wildman–Crippen LogP) is 2.53. The van der Waals surface area contributed by atoms with Gasteiger partial charge in [-0.25, -0.2) is 9.18 Å². The normalized spacial score (nSPS) is 12.0. The van der Waals surface area contributed by atoms with Gasteiger partial charge in [0.1, 0.15) is 11.9 Å². The van der Waals surface area contributed by atoms with Gasteiger partial charge in [0, 0.05) is 18.4 Å². The SMILES string of the molecule is COC(=O)[C@H](NCc1ccc(C)nc1)c1ccc(F)cc1. The van der Waals surface area contributed by atoms with Crippen LogP contribution < -0.4 is 5.32 Å². The maximum absolute atomic E-state index is 13.0. The van der Waals surface area contributed by atoms with Crippen LogP contribution in [0, 0.1) is 12.7 Å². The van der Waals surface area contributed by atoms with Crippen molar-refractivity contribution in [1.29, 1.82) is 0 Å². The summed E-state index contributed by atoms with van der Waals surface area (Å²) in [5, 5.41) is 3.10. The second kappa shape index (κ2) is 6.95. The van der Waals surface area contributed by atoms with E-state index in [2.05, 4.69) is 10.3 Å². The van der Waals surface area contributed by atoms with Crippen molar-refractivity contribution >= 4 is 5.97 Å². The molecule has 1 heterocycles. The van der Waals surface area contributed by atoms with Gasteiger partial charge in [0.25, 0.3) is 0 Å². The molecule has 0 saturated heterocycles. The first-order chi connectivity index (χ1) is 10.1. The smallest absolute Gasteiger partial charge is 0.327 e. The maximum Gasteiger partial charge on any atom is 0.327 e. The van der Waals surface area contributed by atoms with E-state index < -0.39 is 12.0 Å². The van der Waals surface area contributed by atoms with Crippen LogP contribution in [0.5, 0.6) is 0 Å². The van der Waals surface area contributed by atoms with Gasteiger partial charge in [-0.15, -0.1) is 0 Å². The van der Waals surface area contributed by atoms with Crippen LogP contribution in [0.15, 0.2) is 42.6 Å². The number of carbonyl (C=O) groups is 1. The van der Waals surface area contributed by atoms with Gasteiger partial charge < -0.3 is 4.74 Å². The van der Waals surface area contributed by atoms with Gasteiger partial charge in [0.05, 0.1) is 7.11 Å². The fraction of sp³-hybridized carbons (Fsp3) is 0.250. The van der Waals surface area contributed by atoms with E-state index in [0.29, 0.717) is 12.1 Å². The van der Waals surface area contributed by atoms with Crippen molar-refractivity contribution in [3.8, 4) is 0 Å². The Hall–Kier alpha value is -2.27. The van der Waals surface area contributed by atoms with Crippen LogP contribution in [-0.4, -0.2) is 18.1 Å². The number of aromatic nitrogens is 1. The second-order valence-electron chi connectivity index (χ2n) is 4.70. The number of carbonyl (C=O) groups excluding carboxylic acids is 1. The Balaban J connectivity index is 2.11. The number of hydrogen-bond acceptors (Lipinski definition) is 4. The molecule has 0 saturated carbocycles. The molecule has 0 aliphatic rings. The van der Waals surface area contributed by atoms with Gasteiger partial charge in [-0.2, -0.15) is 0 Å². The summed E-state index contributed by atoms with van der Waals surface area (Å²) in [7, 11) is 1.33. The average Bonchev–Trinajstić information content (AvgIpc) is 2.50. The third-order valence-electron chi connectivity index (χ3n) is 3.12. The molecule has 21 heavy (non-hydrogen) atoms. The van der Waals surface area contributed by atoms with Gasteiger partial charge in [-0.3, -0.25) is 10.3 Å². The molecular weight excluding hydrogens is 271 g/mol. The van der Waals surface area contributed by atoms with Crippen LogP contribution in [0.3, 0.4) is 0 Å². The molecule has 5 heteroatoms. The van der Waals surface area contributed by atoms with E-state index in [1.54, 1.807) is 18.3 Å². The topological polar surface area (TPSA) is 51.2 Å². The molecule has 1 N–H and O–H groups in total. The highest BCUT2D eigenvalue weighted by Gasteiger charge is 2.20. The first kappa shape index (κ1) is 15.1. The van der Waals surface area contributed by atoms with Crippen molar-refractivity contribution in [2.24, 2.45) is 0 Å². The molecule has 110 valence electrons. The summed E-state index contributed by atoms with van der Waals surface area (Å²) in [5.74, 6) is -0.758. The molecule has 0 spiro atoms. The van der Waals surface area contributed by atoms with Gasteiger partial charge in [-0.05, 0) is 36.2 Å². The van der Waals surface area contributed by atoms with E-state index in [0.717, 1.165) is 11.3 Å². The van der Waals surface area contributed by atoms with Crippen molar-refractivity contribution in [1.82, 2.24) is 10.3 Å². The van der Waals surface area contributed by atoms with E-state index in [4.69, 9.17) is 4.74 Å². The van der Waals surface area contributed by atoms with Gasteiger partial charge in [-0.1, -0.05) is 18.2 Å². The van der Waals surface area contributed by atoms with Crippen molar-refractivity contribution in [2.45, 2.75) is 19.5 Å². The van der Waals surface area contributed by atoms with Gasteiger partial charge in [0.15, 0.2) is 0 Å². The molecule has 0 radical (unpaired) electrons. The molecule has 1 aromatic heterocycles. The minimum atomic E-state index is -0.642. The molecule has 4 nitrogen and oxygen atoms in total. The highest BCUT2D eigenvalue weighted by Crippen LogP contribution is 2.16. The van der Waals surface area contributed by atoms with Gasteiger partial charge >= 0.3 is 5.97 Å². The number of benzene rings is 1. The van der Waals surface area contributed by atoms with E-state index in [1.807, 2.05) is 19.1 Å².